The first-order chi connectivity index (χ1) is 12.7. The van der Waals surface area contributed by atoms with Gasteiger partial charge in [-0.3, -0.25) is 4.79 Å². The van der Waals surface area contributed by atoms with E-state index in [0.717, 1.165) is 0 Å². The van der Waals surface area contributed by atoms with Crippen LogP contribution in [0.15, 0.2) is 60.7 Å². The smallest absolute Gasteiger partial charge is 0.307 e. The van der Waals surface area contributed by atoms with Crippen LogP contribution in [0.1, 0.15) is 34.1 Å². The summed E-state index contributed by atoms with van der Waals surface area (Å²) in [6.07, 6.45) is -0.161. The van der Waals surface area contributed by atoms with E-state index in [1.165, 1.54) is 17.5 Å². The highest BCUT2D eigenvalue weighted by Crippen LogP contribution is 2.37. The quantitative estimate of drug-likeness (QED) is 0.588. The molecular weight excluding hydrogens is 354 g/mol. The predicted molar refractivity (Wildman–Crippen MR) is 113 cm³/mol. The normalized spacial score (nSPS) is 14.4. The second kappa shape index (κ2) is 8.82. The molecule has 0 amide bonds. The largest absolute Gasteiger partial charge is 0.469 e. The number of methoxy groups -OCH3 is 1. The number of hydrogen-bond donors (Lipinski definition) is 1. The maximum Gasteiger partial charge on any atom is 0.307 e. The summed E-state index contributed by atoms with van der Waals surface area (Å²) in [6, 6.07) is 20.4. The SMILES string of the molecule is COC(=O)C[C@@H](N)[C@H](C)O[Si](c1ccccc1)(c1ccccc1)C(C)(C)C. The molecule has 0 aromatic heterocycles. The fourth-order valence-corrected chi connectivity index (χ4v) is 8.25. The molecule has 27 heavy (non-hydrogen) atoms. The molecule has 0 bridgehead atoms. The van der Waals surface area contributed by atoms with Gasteiger partial charge >= 0.3 is 5.97 Å². The second-order valence-electron chi connectivity index (χ2n) is 7.93. The molecule has 0 heterocycles. The summed E-state index contributed by atoms with van der Waals surface area (Å²) < 4.78 is 11.7. The Morgan fingerprint density at radius 1 is 1.00 bits per heavy atom. The summed E-state index contributed by atoms with van der Waals surface area (Å²) in [5, 5.41) is 2.26. The van der Waals surface area contributed by atoms with Gasteiger partial charge in [-0.15, -0.1) is 0 Å². The number of ether oxygens (including phenoxy) is 1. The second-order valence-corrected chi connectivity index (χ2v) is 12.2. The van der Waals surface area contributed by atoms with Gasteiger partial charge in [0.1, 0.15) is 0 Å². The molecule has 2 N–H and O–H groups in total. The lowest BCUT2D eigenvalue weighted by atomic mass is 10.1. The van der Waals surface area contributed by atoms with E-state index in [0.29, 0.717) is 0 Å². The zero-order valence-electron chi connectivity index (χ0n) is 16.9. The summed E-state index contributed by atoms with van der Waals surface area (Å²) in [7, 11) is -1.29. The molecular formula is C22H31NO3Si. The van der Waals surface area contributed by atoms with Gasteiger partial charge < -0.3 is 14.9 Å². The molecule has 146 valence electrons. The van der Waals surface area contributed by atoms with Crippen molar-refractivity contribution in [3.63, 3.8) is 0 Å². The summed E-state index contributed by atoms with van der Waals surface area (Å²) >= 11 is 0. The molecule has 2 atom stereocenters. The number of rotatable bonds is 7. The van der Waals surface area contributed by atoms with E-state index in [1.807, 2.05) is 43.3 Å². The third-order valence-electron chi connectivity index (χ3n) is 5.01. The zero-order chi connectivity index (χ0) is 20.1. The van der Waals surface area contributed by atoms with Crippen molar-refractivity contribution in [3.8, 4) is 0 Å². The van der Waals surface area contributed by atoms with Crippen LogP contribution in [0, 0.1) is 0 Å². The molecule has 0 aliphatic rings. The molecule has 0 saturated carbocycles. The van der Waals surface area contributed by atoms with Crippen LogP contribution in [-0.2, 0) is 14.0 Å². The third-order valence-corrected chi connectivity index (χ3v) is 10.1. The van der Waals surface area contributed by atoms with Crippen molar-refractivity contribution >= 4 is 24.7 Å². The van der Waals surface area contributed by atoms with Gasteiger partial charge in [0.15, 0.2) is 0 Å². The van der Waals surface area contributed by atoms with Crippen LogP contribution >= 0.6 is 0 Å². The van der Waals surface area contributed by atoms with Crippen molar-refractivity contribution in [2.75, 3.05) is 7.11 Å². The molecule has 0 saturated heterocycles. The van der Waals surface area contributed by atoms with Crippen molar-refractivity contribution in [2.24, 2.45) is 5.73 Å². The van der Waals surface area contributed by atoms with Crippen molar-refractivity contribution in [2.45, 2.75) is 51.3 Å². The van der Waals surface area contributed by atoms with Crippen LogP contribution in [0.25, 0.3) is 0 Å². The number of carbonyl (C=O) groups is 1. The van der Waals surface area contributed by atoms with Crippen LogP contribution in [0.4, 0.5) is 0 Å². The summed E-state index contributed by atoms with van der Waals surface area (Å²) in [6.45, 7) is 8.61. The Kier molecular flexibility index (Phi) is 6.98. The van der Waals surface area contributed by atoms with E-state index < -0.39 is 14.4 Å². The fraction of sp³-hybridized carbons (Fsp3) is 0.409. The van der Waals surface area contributed by atoms with Crippen molar-refractivity contribution in [3.05, 3.63) is 60.7 Å². The number of hydrogen-bond acceptors (Lipinski definition) is 4. The average molecular weight is 386 g/mol. The maximum atomic E-state index is 11.7. The van der Waals surface area contributed by atoms with E-state index in [1.54, 1.807) is 0 Å². The Bertz CT molecular complexity index is 689. The minimum absolute atomic E-state index is 0.130. The number of benzene rings is 2. The molecule has 2 aromatic carbocycles. The van der Waals surface area contributed by atoms with Crippen molar-refractivity contribution in [1.29, 1.82) is 0 Å². The van der Waals surface area contributed by atoms with E-state index in [2.05, 4.69) is 45.0 Å². The third kappa shape index (κ3) is 4.67. The topological polar surface area (TPSA) is 61.5 Å². The lowest BCUT2D eigenvalue weighted by molar-refractivity contribution is -0.141. The van der Waals surface area contributed by atoms with E-state index in [-0.39, 0.29) is 23.5 Å². The summed E-state index contributed by atoms with van der Waals surface area (Å²) in [5.74, 6) is -0.319. The molecule has 2 rings (SSSR count). The van der Waals surface area contributed by atoms with Gasteiger partial charge in [0.05, 0.1) is 19.6 Å². The highest BCUT2D eigenvalue weighted by molar-refractivity contribution is 6.99. The molecule has 0 aliphatic heterocycles. The molecule has 0 aliphatic carbocycles. The van der Waals surface area contributed by atoms with Crippen LogP contribution < -0.4 is 16.1 Å². The van der Waals surface area contributed by atoms with Gasteiger partial charge in [0.2, 0.25) is 0 Å². The van der Waals surface area contributed by atoms with Crippen LogP contribution in [0.5, 0.6) is 0 Å². The first-order valence-corrected chi connectivity index (χ1v) is 11.2. The fourth-order valence-electron chi connectivity index (χ4n) is 3.50. The average Bonchev–Trinajstić information content (AvgIpc) is 2.66. The van der Waals surface area contributed by atoms with Gasteiger partial charge in [-0.1, -0.05) is 81.4 Å². The zero-order valence-corrected chi connectivity index (χ0v) is 17.9. The van der Waals surface area contributed by atoms with Gasteiger partial charge in [-0.25, -0.2) is 0 Å². The first-order valence-electron chi connectivity index (χ1n) is 9.33. The lowest BCUT2D eigenvalue weighted by Gasteiger charge is -2.45. The number of carbonyl (C=O) groups excluding carboxylic acids is 1. The maximum absolute atomic E-state index is 11.7. The molecule has 5 heteroatoms. The highest BCUT2D eigenvalue weighted by Gasteiger charge is 2.51. The minimum atomic E-state index is -2.67. The molecule has 0 radical (unpaired) electrons. The predicted octanol–water partition coefficient (Wildman–Crippen LogP) is 2.84. The van der Waals surface area contributed by atoms with Crippen LogP contribution in [-0.4, -0.2) is 33.5 Å². The summed E-state index contributed by atoms with van der Waals surface area (Å²) in [5.41, 5.74) is 6.30. The van der Waals surface area contributed by atoms with Gasteiger partial charge in [-0.2, -0.15) is 0 Å². The monoisotopic (exact) mass is 385 g/mol. The van der Waals surface area contributed by atoms with Gasteiger partial charge in [0.25, 0.3) is 8.32 Å². The molecule has 2 aromatic rings. The molecule has 0 spiro atoms. The Hall–Kier alpha value is -1.95. The molecule has 0 unspecified atom stereocenters. The van der Waals surface area contributed by atoms with E-state index >= 15 is 0 Å². The Morgan fingerprint density at radius 2 is 1.44 bits per heavy atom. The van der Waals surface area contributed by atoms with E-state index in [4.69, 9.17) is 14.9 Å². The van der Waals surface area contributed by atoms with Gasteiger partial charge in [0, 0.05) is 6.04 Å². The van der Waals surface area contributed by atoms with Crippen molar-refractivity contribution < 1.29 is 14.0 Å². The Labute approximate surface area is 163 Å². The summed E-state index contributed by atoms with van der Waals surface area (Å²) in [4.78, 5) is 11.7. The minimum Gasteiger partial charge on any atom is -0.469 e. The van der Waals surface area contributed by atoms with E-state index in [9.17, 15) is 4.79 Å². The first kappa shape index (κ1) is 21.3. The standard InChI is InChI=1S/C22H31NO3Si/c1-17(20(23)16-21(24)25-5)26-27(22(2,3)4,18-12-8-6-9-13-18)19-14-10-7-11-15-19/h6-15,17,20H,16,23H2,1-5H3/t17-,20+/m0/s1. The number of esters is 1. The number of nitrogens with two attached hydrogens (primary N) is 1. The Balaban J connectivity index is 2.54. The van der Waals surface area contributed by atoms with Crippen LogP contribution in [0.3, 0.4) is 0 Å². The van der Waals surface area contributed by atoms with Crippen LogP contribution in [0.2, 0.25) is 5.04 Å². The lowest BCUT2D eigenvalue weighted by Crippen LogP contribution is -2.68. The highest BCUT2D eigenvalue weighted by atomic mass is 28.4. The van der Waals surface area contributed by atoms with Gasteiger partial charge in [-0.05, 0) is 22.3 Å². The van der Waals surface area contributed by atoms with Crippen molar-refractivity contribution in [1.82, 2.24) is 0 Å². The Morgan fingerprint density at radius 3 is 1.81 bits per heavy atom. The molecule has 0 fully saturated rings. The molecule has 4 nitrogen and oxygen atoms in total.